The Morgan fingerprint density at radius 3 is 2.47 bits per heavy atom. The van der Waals surface area contributed by atoms with E-state index in [-0.39, 0.29) is 0 Å². The number of piperidine rings is 1. The third kappa shape index (κ3) is 2.35. The number of nitrogens with two attached hydrogens (primary N) is 1. The first-order valence-corrected chi connectivity index (χ1v) is 6.29. The molecule has 88 valence electrons. The average molecular weight is 212 g/mol. The molecule has 2 rings (SSSR count). The lowest BCUT2D eigenvalue weighted by atomic mass is 9.86. The lowest BCUT2D eigenvalue weighted by Crippen LogP contribution is -2.56. The third-order valence-corrected chi connectivity index (χ3v) is 4.34. The first-order chi connectivity index (χ1) is 7.20. The molecule has 0 aliphatic carbocycles. The third-order valence-electron chi connectivity index (χ3n) is 4.34. The van der Waals surface area contributed by atoms with Crippen LogP contribution in [0.2, 0.25) is 0 Å². The summed E-state index contributed by atoms with van der Waals surface area (Å²) in [5.41, 5.74) is 6.11. The molecule has 3 atom stereocenters. The fourth-order valence-electron chi connectivity index (χ4n) is 2.96. The number of ether oxygens (including phenoxy) is 1. The molecule has 3 unspecified atom stereocenters. The lowest BCUT2D eigenvalue weighted by Gasteiger charge is -2.46. The van der Waals surface area contributed by atoms with Gasteiger partial charge in [0.25, 0.3) is 0 Å². The lowest BCUT2D eigenvalue weighted by molar-refractivity contribution is -0.00937. The molecule has 0 aromatic heterocycles. The minimum Gasteiger partial charge on any atom is -0.381 e. The van der Waals surface area contributed by atoms with Crippen molar-refractivity contribution in [1.29, 1.82) is 0 Å². The molecule has 3 nitrogen and oxygen atoms in total. The zero-order valence-corrected chi connectivity index (χ0v) is 9.98. The fourth-order valence-corrected chi connectivity index (χ4v) is 2.96. The molecular formula is C12H24N2O. The van der Waals surface area contributed by atoms with E-state index in [0.717, 1.165) is 25.7 Å². The fraction of sp³-hybridized carbons (Fsp3) is 1.00. The largest absolute Gasteiger partial charge is 0.381 e. The number of nitrogens with zero attached hydrogens (tertiary/aromatic N) is 1. The van der Waals surface area contributed by atoms with Gasteiger partial charge in [-0.2, -0.15) is 0 Å². The van der Waals surface area contributed by atoms with Gasteiger partial charge in [-0.15, -0.1) is 0 Å². The molecule has 0 radical (unpaired) electrons. The smallest absolute Gasteiger partial charge is 0.0480 e. The topological polar surface area (TPSA) is 38.5 Å². The Bertz CT molecular complexity index is 202. The van der Waals surface area contributed by atoms with Crippen molar-refractivity contribution >= 4 is 0 Å². The number of likely N-dealkylation sites (tertiary alicyclic amines) is 1. The van der Waals surface area contributed by atoms with Crippen LogP contribution in [0.3, 0.4) is 0 Å². The minimum atomic E-state index is 0.399. The Kier molecular flexibility index (Phi) is 3.65. The first kappa shape index (κ1) is 11.4. The van der Waals surface area contributed by atoms with Crippen LogP contribution in [0.4, 0.5) is 0 Å². The van der Waals surface area contributed by atoms with Crippen molar-refractivity contribution in [3.8, 4) is 0 Å². The van der Waals surface area contributed by atoms with Crippen LogP contribution in [0.1, 0.15) is 33.1 Å². The molecule has 2 N–H and O–H groups in total. The van der Waals surface area contributed by atoms with Gasteiger partial charge in [-0.3, -0.25) is 4.90 Å². The molecule has 2 fully saturated rings. The molecule has 0 saturated carbocycles. The van der Waals surface area contributed by atoms with Gasteiger partial charge >= 0.3 is 0 Å². The maximum Gasteiger partial charge on any atom is 0.0480 e. The van der Waals surface area contributed by atoms with Crippen LogP contribution >= 0.6 is 0 Å². The number of rotatable bonds is 1. The van der Waals surface area contributed by atoms with Crippen molar-refractivity contribution < 1.29 is 4.74 Å². The van der Waals surface area contributed by atoms with Crippen molar-refractivity contribution in [2.75, 3.05) is 19.8 Å². The summed E-state index contributed by atoms with van der Waals surface area (Å²) in [5.74, 6) is 0.626. The van der Waals surface area contributed by atoms with Crippen LogP contribution < -0.4 is 5.73 Å². The molecule has 2 heterocycles. The van der Waals surface area contributed by atoms with E-state index in [0.29, 0.717) is 18.0 Å². The predicted molar refractivity (Wildman–Crippen MR) is 61.8 cm³/mol. The molecular weight excluding hydrogens is 188 g/mol. The van der Waals surface area contributed by atoms with Gasteiger partial charge in [0, 0.05) is 37.9 Å². The molecule has 2 saturated heterocycles. The predicted octanol–water partition coefficient (Wildman–Crippen LogP) is 1.22. The highest BCUT2D eigenvalue weighted by Crippen LogP contribution is 2.27. The highest BCUT2D eigenvalue weighted by Gasteiger charge is 2.34. The number of hydrogen-bond donors (Lipinski definition) is 1. The summed E-state index contributed by atoms with van der Waals surface area (Å²) in [6.45, 7) is 7.68. The van der Waals surface area contributed by atoms with Crippen molar-refractivity contribution in [2.45, 2.75) is 51.2 Å². The summed E-state index contributed by atoms with van der Waals surface area (Å²) in [5, 5.41) is 0. The second-order valence-corrected chi connectivity index (χ2v) is 5.13. The minimum absolute atomic E-state index is 0.399. The van der Waals surface area contributed by atoms with Crippen LogP contribution in [0.25, 0.3) is 0 Å². The standard InChI is InChI=1S/C12H24N2O/c1-9-10(2)14(6-3-12(9)13)11-4-7-15-8-5-11/h9-12H,3-8,13H2,1-2H3. The van der Waals surface area contributed by atoms with E-state index in [9.17, 15) is 0 Å². The van der Waals surface area contributed by atoms with E-state index < -0.39 is 0 Å². The molecule has 15 heavy (non-hydrogen) atoms. The Balaban J connectivity index is 1.96. The van der Waals surface area contributed by atoms with Crippen molar-refractivity contribution in [2.24, 2.45) is 11.7 Å². The quantitative estimate of drug-likeness (QED) is 0.710. The zero-order chi connectivity index (χ0) is 10.8. The molecule has 0 aromatic carbocycles. The van der Waals surface area contributed by atoms with Gasteiger partial charge < -0.3 is 10.5 Å². The molecule has 2 aliphatic heterocycles. The van der Waals surface area contributed by atoms with Crippen LogP contribution in [-0.2, 0) is 4.74 Å². The van der Waals surface area contributed by atoms with Gasteiger partial charge in [0.05, 0.1) is 0 Å². The van der Waals surface area contributed by atoms with Gasteiger partial charge in [-0.1, -0.05) is 6.92 Å². The second kappa shape index (κ2) is 4.81. The summed E-state index contributed by atoms with van der Waals surface area (Å²) in [6.07, 6.45) is 3.56. The maximum atomic E-state index is 6.11. The summed E-state index contributed by atoms with van der Waals surface area (Å²) in [4.78, 5) is 2.66. The Morgan fingerprint density at radius 1 is 1.13 bits per heavy atom. The van der Waals surface area contributed by atoms with E-state index in [1.54, 1.807) is 0 Å². The van der Waals surface area contributed by atoms with E-state index >= 15 is 0 Å². The van der Waals surface area contributed by atoms with Crippen molar-refractivity contribution in [3.63, 3.8) is 0 Å². The highest BCUT2D eigenvalue weighted by molar-refractivity contribution is 4.90. The van der Waals surface area contributed by atoms with E-state index in [2.05, 4.69) is 18.7 Å². The second-order valence-electron chi connectivity index (χ2n) is 5.13. The molecule has 2 aliphatic rings. The van der Waals surface area contributed by atoms with Gasteiger partial charge in [-0.25, -0.2) is 0 Å². The van der Waals surface area contributed by atoms with Crippen LogP contribution in [-0.4, -0.2) is 42.8 Å². The molecule has 0 spiro atoms. The monoisotopic (exact) mass is 212 g/mol. The summed E-state index contributed by atoms with van der Waals surface area (Å²) < 4.78 is 5.42. The van der Waals surface area contributed by atoms with Gasteiger partial charge in [0.1, 0.15) is 0 Å². The van der Waals surface area contributed by atoms with Gasteiger partial charge in [0.2, 0.25) is 0 Å². The number of hydrogen-bond acceptors (Lipinski definition) is 3. The van der Waals surface area contributed by atoms with E-state index in [4.69, 9.17) is 10.5 Å². The Morgan fingerprint density at radius 2 is 1.80 bits per heavy atom. The van der Waals surface area contributed by atoms with Crippen molar-refractivity contribution in [3.05, 3.63) is 0 Å². The molecule has 0 aromatic rings. The molecule has 0 amide bonds. The molecule has 3 heteroatoms. The Hall–Kier alpha value is -0.120. The van der Waals surface area contributed by atoms with Gasteiger partial charge in [0.15, 0.2) is 0 Å². The van der Waals surface area contributed by atoms with Crippen LogP contribution in [0.5, 0.6) is 0 Å². The van der Waals surface area contributed by atoms with Crippen molar-refractivity contribution in [1.82, 2.24) is 4.90 Å². The summed E-state index contributed by atoms with van der Waals surface area (Å²) >= 11 is 0. The van der Waals surface area contributed by atoms with Crippen LogP contribution in [0.15, 0.2) is 0 Å². The SMILES string of the molecule is CC1C(N)CCN(C2CCOCC2)C1C. The molecule has 0 bridgehead atoms. The van der Waals surface area contributed by atoms with Crippen LogP contribution in [0, 0.1) is 5.92 Å². The Labute approximate surface area is 93.0 Å². The van der Waals surface area contributed by atoms with E-state index in [1.165, 1.54) is 19.4 Å². The average Bonchev–Trinajstić information content (AvgIpc) is 2.27. The normalized spacial score (nSPS) is 40.6. The van der Waals surface area contributed by atoms with Gasteiger partial charge in [-0.05, 0) is 32.1 Å². The first-order valence-electron chi connectivity index (χ1n) is 6.29. The van der Waals surface area contributed by atoms with E-state index in [1.807, 2.05) is 0 Å². The summed E-state index contributed by atoms with van der Waals surface area (Å²) in [6, 6.07) is 1.77. The summed E-state index contributed by atoms with van der Waals surface area (Å²) in [7, 11) is 0. The highest BCUT2D eigenvalue weighted by atomic mass is 16.5. The maximum absolute atomic E-state index is 6.11. The zero-order valence-electron chi connectivity index (χ0n) is 9.98.